The molecule has 1 unspecified atom stereocenters. The molecule has 0 amide bonds. The van der Waals surface area contributed by atoms with Crippen molar-refractivity contribution in [3.05, 3.63) is 36.4 Å². The highest BCUT2D eigenvalue weighted by molar-refractivity contribution is 7.89. The number of H-pyrrole nitrogens is 1. The van der Waals surface area contributed by atoms with Gasteiger partial charge < -0.3 is 5.32 Å². The number of hydrogen-bond donors (Lipinski definition) is 3. The molecule has 1 aromatic heterocycles. The van der Waals surface area contributed by atoms with E-state index < -0.39 is 10.0 Å². The minimum atomic E-state index is -3.39. The third-order valence-corrected chi connectivity index (χ3v) is 4.83. The molecule has 21 heavy (non-hydrogen) atoms. The Morgan fingerprint density at radius 1 is 1.29 bits per heavy atom. The zero-order valence-electron chi connectivity index (χ0n) is 11.6. The van der Waals surface area contributed by atoms with Crippen LogP contribution in [0.4, 0.5) is 5.69 Å². The Morgan fingerprint density at radius 2 is 2.00 bits per heavy atom. The fraction of sp³-hybridized carbons (Fsp3) is 0.385. The number of nitrogens with one attached hydrogen (secondary N) is 3. The lowest BCUT2D eigenvalue weighted by Gasteiger charge is -2.13. The van der Waals surface area contributed by atoms with Crippen molar-refractivity contribution in [2.45, 2.75) is 36.7 Å². The molecule has 1 heterocycles. The predicted molar refractivity (Wildman–Crippen MR) is 78.2 cm³/mol. The predicted octanol–water partition coefficient (Wildman–Crippen LogP) is 1.42. The molecule has 1 saturated carbocycles. The zero-order chi connectivity index (χ0) is 14.9. The van der Waals surface area contributed by atoms with Crippen LogP contribution >= 0.6 is 0 Å². The maximum Gasteiger partial charge on any atom is 0.240 e. The Balaban J connectivity index is 1.69. The van der Waals surface area contributed by atoms with Crippen molar-refractivity contribution in [1.29, 1.82) is 0 Å². The summed E-state index contributed by atoms with van der Waals surface area (Å²) in [6.07, 6.45) is 3.30. The van der Waals surface area contributed by atoms with Gasteiger partial charge in [-0.2, -0.15) is 5.10 Å². The number of aromatic amines is 1. The molecule has 2 aromatic rings. The van der Waals surface area contributed by atoms with E-state index in [1.807, 2.05) is 6.92 Å². The fourth-order valence-corrected chi connectivity index (χ4v) is 3.27. The molecule has 8 heteroatoms. The van der Waals surface area contributed by atoms with Gasteiger partial charge in [-0.3, -0.25) is 5.10 Å². The summed E-state index contributed by atoms with van der Waals surface area (Å²) in [5, 5.41) is 9.82. The lowest BCUT2D eigenvalue weighted by Crippen LogP contribution is -2.25. The van der Waals surface area contributed by atoms with Crippen LogP contribution in [0.15, 0.2) is 35.5 Å². The molecule has 3 rings (SSSR count). The van der Waals surface area contributed by atoms with Crippen LogP contribution in [0.2, 0.25) is 0 Å². The van der Waals surface area contributed by atoms with Crippen LogP contribution in [0.1, 0.15) is 31.6 Å². The van der Waals surface area contributed by atoms with Gasteiger partial charge in [0.05, 0.1) is 10.9 Å². The van der Waals surface area contributed by atoms with Gasteiger partial charge in [0, 0.05) is 11.7 Å². The lowest BCUT2D eigenvalue weighted by atomic mass is 10.2. The summed E-state index contributed by atoms with van der Waals surface area (Å²) in [4.78, 5) is 4.36. The SMILES string of the molecule is CC(Nc1ccc(S(=O)(=O)NC2CC2)cc1)c1ncn[nH]1. The second kappa shape index (κ2) is 5.45. The van der Waals surface area contributed by atoms with Crippen molar-refractivity contribution in [3.63, 3.8) is 0 Å². The molecule has 7 nitrogen and oxygen atoms in total. The number of sulfonamides is 1. The van der Waals surface area contributed by atoms with E-state index in [-0.39, 0.29) is 17.0 Å². The van der Waals surface area contributed by atoms with Crippen LogP contribution in [0.25, 0.3) is 0 Å². The minimum Gasteiger partial charge on any atom is -0.375 e. The summed E-state index contributed by atoms with van der Waals surface area (Å²) in [6, 6.07) is 6.75. The first-order chi connectivity index (χ1) is 10.0. The molecule has 0 radical (unpaired) electrons. The summed E-state index contributed by atoms with van der Waals surface area (Å²) in [7, 11) is -3.39. The number of anilines is 1. The van der Waals surface area contributed by atoms with Crippen LogP contribution < -0.4 is 10.0 Å². The van der Waals surface area contributed by atoms with Crippen molar-refractivity contribution in [2.75, 3.05) is 5.32 Å². The number of nitrogens with zero attached hydrogens (tertiary/aromatic N) is 2. The second-order valence-electron chi connectivity index (χ2n) is 5.16. The summed E-state index contributed by atoms with van der Waals surface area (Å²) in [5.74, 6) is 0.724. The summed E-state index contributed by atoms with van der Waals surface area (Å²) in [5.41, 5.74) is 0.823. The highest BCUT2D eigenvalue weighted by Crippen LogP contribution is 2.23. The van der Waals surface area contributed by atoms with Crippen molar-refractivity contribution >= 4 is 15.7 Å². The molecule has 112 valence electrons. The van der Waals surface area contributed by atoms with E-state index in [4.69, 9.17) is 0 Å². The van der Waals surface area contributed by atoms with Gasteiger partial charge in [0.25, 0.3) is 0 Å². The van der Waals surface area contributed by atoms with Gasteiger partial charge in [-0.1, -0.05) is 0 Å². The van der Waals surface area contributed by atoms with E-state index in [0.717, 1.165) is 24.4 Å². The van der Waals surface area contributed by atoms with Crippen molar-refractivity contribution in [2.24, 2.45) is 0 Å². The van der Waals surface area contributed by atoms with E-state index in [2.05, 4.69) is 25.2 Å². The Morgan fingerprint density at radius 3 is 2.57 bits per heavy atom. The summed E-state index contributed by atoms with van der Waals surface area (Å²) in [6.45, 7) is 1.94. The van der Waals surface area contributed by atoms with Gasteiger partial charge in [-0.15, -0.1) is 0 Å². The van der Waals surface area contributed by atoms with E-state index in [9.17, 15) is 8.42 Å². The van der Waals surface area contributed by atoms with E-state index >= 15 is 0 Å². The van der Waals surface area contributed by atoms with Crippen molar-refractivity contribution in [3.8, 4) is 0 Å². The highest BCUT2D eigenvalue weighted by Gasteiger charge is 2.27. The minimum absolute atomic E-state index is 0.0421. The first kappa shape index (κ1) is 14.0. The van der Waals surface area contributed by atoms with E-state index in [1.54, 1.807) is 24.3 Å². The molecule has 0 spiro atoms. The topological polar surface area (TPSA) is 99.8 Å². The van der Waals surface area contributed by atoms with E-state index in [1.165, 1.54) is 6.33 Å². The Hall–Kier alpha value is -1.93. The van der Waals surface area contributed by atoms with Crippen LogP contribution in [-0.2, 0) is 10.0 Å². The molecular weight excluding hydrogens is 290 g/mol. The van der Waals surface area contributed by atoms with Gasteiger partial charge >= 0.3 is 0 Å². The van der Waals surface area contributed by atoms with Crippen LogP contribution in [-0.4, -0.2) is 29.6 Å². The maximum absolute atomic E-state index is 12.0. The Kier molecular flexibility index (Phi) is 3.64. The smallest absolute Gasteiger partial charge is 0.240 e. The molecule has 1 aliphatic rings. The fourth-order valence-electron chi connectivity index (χ4n) is 1.96. The Bertz CT molecular complexity index is 693. The van der Waals surface area contributed by atoms with Gasteiger partial charge in [0.15, 0.2) is 0 Å². The van der Waals surface area contributed by atoms with Crippen molar-refractivity contribution in [1.82, 2.24) is 19.9 Å². The van der Waals surface area contributed by atoms with Crippen LogP contribution in [0.3, 0.4) is 0 Å². The molecule has 0 bridgehead atoms. The molecule has 1 fully saturated rings. The first-order valence-corrected chi connectivity index (χ1v) is 8.27. The monoisotopic (exact) mass is 307 g/mol. The highest BCUT2D eigenvalue weighted by atomic mass is 32.2. The normalized spacial score (nSPS) is 16.6. The number of rotatable bonds is 6. The molecule has 1 aliphatic carbocycles. The standard InChI is InChI=1S/C13H17N5O2S/c1-9(13-14-8-15-17-13)16-10-4-6-12(7-5-10)21(19,20)18-11-2-3-11/h4-9,11,16,18H,2-3H2,1H3,(H,14,15,17). The average molecular weight is 307 g/mol. The molecule has 3 N–H and O–H groups in total. The van der Waals surface area contributed by atoms with Crippen molar-refractivity contribution < 1.29 is 8.42 Å². The number of aromatic nitrogens is 3. The lowest BCUT2D eigenvalue weighted by molar-refractivity contribution is 0.581. The van der Waals surface area contributed by atoms with Crippen LogP contribution in [0.5, 0.6) is 0 Å². The first-order valence-electron chi connectivity index (χ1n) is 6.79. The number of hydrogen-bond acceptors (Lipinski definition) is 5. The molecule has 1 atom stereocenters. The third-order valence-electron chi connectivity index (χ3n) is 3.29. The summed E-state index contributed by atoms with van der Waals surface area (Å²) < 4.78 is 26.8. The number of benzene rings is 1. The maximum atomic E-state index is 12.0. The molecule has 1 aromatic carbocycles. The van der Waals surface area contributed by atoms with Gasteiger partial charge in [0.2, 0.25) is 10.0 Å². The van der Waals surface area contributed by atoms with Gasteiger partial charge in [-0.25, -0.2) is 18.1 Å². The Labute approximate surface area is 123 Å². The second-order valence-corrected chi connectivity index (χ2v) is 6.87. The van der Waals surface area contributed by atoms with Crippen LogP contribution in [0, 0.1) is 0 Å². The summed E-state index contributed by atoms with van der Waals surface area (Å²) >= 11 is 0. The molecular formula is C13H17N5O2S. The molecule has 0 aliphatic heterocycles. The molecule has 0 saturated heterocycles. The van der Waals surface area contributed by atoms with E-state index in [0.29, 0.717) is 0 Å². The zero-order valence-corrected chi connectivity index (χ0v) is 12.4. The largest absolute Gasteiger partial charge is 0.375 e. The van der Waals surface area contributed by atoms with Gasteiger partial charge in [-0.05, 0) is 44.0 Å². The quantitative estimate of drug-likeness (QED) is 0.749. The van der Waals surface area contributed by atoms with Gasteiger partial charge in [0.1, 0.15) is 12.2 Å². The average Bonchev–Trinajstić information content (AvgIpc) is 3.08. The third kappa shape index (κ3) is 3.40.